The van der Waals surface area contributed by atoms with Crippen molar-refractivity contribution in [2.75, 3.05) is 17.7 Å². The van der Waals surface area contributed by atoms with E-state index in [1.54, 1.807) is 6.92 Å². The van der Waals surface area contributed by atoms with Crippen LogP contribution in [0.4, 0.5) is 20.2 Å². The monoisotopic (exact) mass is 342 g/mol. The third-order valence-electron chi connectivity index (χ3n) is 3.93. The first-order chi connectivity index (χ1) is 11.1. The van der Waals surface area contributed by atoms with E-state index in [-0.39, 0.29) is 30.6 Å². The molecule has 0 aliphatic heterocycles. The van der Waals surface area contributed by atoms with Gasteiger partial charge in [-0.15, -0.1) is 0 Å². The molecule has 0 fully saturated rings. The van der Waals surface area contributed by atoms with Crippen LogP contribution in [0.25, 0.3) is 0 Å². The fraction of sp³-hybridized carbons (Fsp3) is 0.500. The Hall–Kier alpha value is -2.22. The van der Waals surface area contributed by atoms with Crippen molar-refractivity contribution in [1.82, 2.24) is 0 Å². The number of hydrogen-bond acceptors (Lipinski definition) is 5. The summed E-state index contributed by atoms with van der Waals surface area (Å²) < 4.78 is 34.0. The predicted octanol–water partition coefficient (Wildman–Crippen LogP) is 1.53. The molecule has 0 spiro atoms. The van der Waals surface area contributed by atoms with Crippen molar-refractivity contribution in [2.45, 2.75) is 39.2 Å². The first-order valence-corrected chi connectivity index (χ1v) is 7.56. The summed E-state index contributed by atoms with van der Waals surface area (Å²) in [5.41, 5.74) is 2.73. The van der Waals surface area contributed by atoms with Crippen LogP contribution in [0, 0.1) is 17.6 Å². The zero-order chi connectivity index (χ0) is 18.2. The summed E-state index contributed by atoms with van der Waals surface area (Å²) >= 11 is 0. The molecule has 2 rings (SSSR count). The number of fused-ring (bicyclic) bond motifs is 1. The number of ether oxygens (including phenoxy) is 1. The van der Waals surface area contributed by atoms with Gasteiger partial charge in [-0.3, -0.25) is 9.59 Å². The molecule has 1 aromatic rings. The molecule has 1 aliphatic carbocycles. The van der Waals surface area contributed by atoms with Crippen LogP contribution in [0.1, 0.15) is 31.9 Å². The van der Waals surface area contributed by atoms with E-state index in [9.17, 15) is 23.5 Å². The van der Waals surface area contributed by atoms with Crippen LogP contribution in [-0.4, -0.2) is 29.2 Å². The molecular weight excluding hydrogens is 322 g/mol. The third-order valence-corrected chi connectivity index (χ3v) is 3.93. The highest BCUT2D eigenvalue weighted by atomic mass is 19.1. The molecule has 132 valence electrons. The number of hydrogen-bond donors (Lipinski definition) is 3. The van der Waals surface area contributed by atoms with E-state index in [0.29, 0.717) is 0 Å². The first-order valence-electron chi connectivity index (χ1n) is 7.56. The van der Waals surface area contributed by atoms with E-state index in [1.165, 1.54) is 13.8 Å². The highest BCUT2D eigenvalue weighted by molar-refractivity contribution is 5.99. The molecule has 0 bridgehead atoms. The molecule has 24 heavy (non-hydrogen) atoms. The number of anilines is 2. The van der Waals surface area contributed by atoms with Crippen molar-refractivity contribution in [3.05, 3.63) is 22.8 Å². The van der Waals surface area contributed by atoms with Crippen LogP contribution in [0.3, 0.4) is 0 Å². The van der Waals surface area contributed by atoms with Crippen LogP contribution in [-0.2, 0) is 27.2 Å². The van der Waals surface area contributed by atoms with Gasteiger partial charge in [-0.05, 0) is 44.7 Å². The van der Waals surface area contributed by atoms with Crippen LogP contribution in [0.5, 0.6) is 0 Å². The summed E-state index contributed by atoms with van der Waals surface area (Å²) in [5, 5.41) is 11.7. The lowest BCUT2D eigenvalue weighted by molar-refractivity contribution is -0.147. The molecule has 0 radical (unpaired) electrons. The Balaban J connectivity index is 2.40. The number of nitrogens with two attached hydrogens (primary N) is 1. The minimum atomic E-state index is -1.79. The lowest BCUT2D eigenvalue weighted by atomic mass is 10.0. The van der Waals surface area contributed by atoms with Gasteiger partial charge in [-0.1, -0.05) is 0 Å². The van der Waals surface area contributed by atoms with E-state index in [1.807, 2.05) is 0 Å². The van der Waals surface area contributed by atoms with Crippen LogP contribution in [0.2, 0.25) is 0 Å². The summed E-state index contributed by atoms with van der Waals surface area (Å²) in [6.45, 7) is 4.23. The number of esters is 1. The van der Waals surface area contributed by atoms with Crippen molar-refractivity contribution in [3.63, 3.8) is 0 Å². The molecular formula is C16H20F2N2O4. The summed E-state index contributed by atoms with van der Waals surface area (Å²) in [4.78, 5) is 23.6. The molecule has 0 heterocycles. The van der Waals surface area contributed by atoms with Gasteiger partial charge in [0.25, 0.3) is 5.91 Å². The number of aliphatic hydroxyl groups is 1. The third kappa shape index (κ3) is 3.19. The minimum absolute atomic E-state index is 0.00852. The van der Waals surface area contributed by atoms with Gasteiger partial charge < -0.3 is 20.9 Å². The summed E-state index contributed by atoms with van der Waals surface area (Å²) in [6.07, 6.45) is -0.0522. The number of rotatable bonds is 4. The number of carbonyl (C=O) groups excluding carboxylic acids is 2. The predicted molar refractivity (Wildman–Crippen MR) is 83.2 cm³/mol. The average Bonchev–Trinajstić information content (AvgIpc) is 2.94. The number of amides is 1. The van der Waals surface area contributed by atoms with Crippen molar-refractivity contribution >= 4 is 23.3 Å². The highest BCUT2D eigenvalue weighted by Gasteiger charge is 2.36. The van der Waals surface area contributed by atoms with Crippen molar-refractivity contribution in [1.29, 1.82) is 0 Å². The zero-order valence-corrected chi connectivity index (χ0v) is 13.7. The second-order valence-electron chi connectivity index (χ2n) is 6.24. The van der Waals surface area contributed by atoms with Crippen molar-refractivity contribution < 1.29 is 28.2 Å². The number of benzene rings is 1. The summed E-state index contributed by atoms with van der Waals surface area (Å²) in [5.74, 6) is -3.92. The molecule has 4 N–H and O–H groups in total. The Bertz CT molecular complexity index is 699. The number of nitrogens with one attached hydrogen (secondary N) is 1. The average molecular weight is 342 g/mol. The van der Waals surface area contributed by atoms with E-state index < -0.39 is 46.4 Å². The lowest BCUT2D eigenvalue weighted by Gasteiger charge is -2.19. The van der Waals surface area contributed by atoms with Gasteiger partial charge in [0.15, 0.2) is 11.6 Å². The van der Waals surface area contributed by atoms with Crippen molar-refractivity contribution in [2.24, 2.45) is 5.92 Å². The van der Waals surface area contributed by atoms with Gasteiger partial charge in [-0.25, -0.2) is 8.78 Å². The lowest BCUT2D eigenvalue weighted by Crippen LogP contribution is -2.37. The number of halogens is 2. The van der Waals surface area contributed by atoms with Crippen molar-refractivity contribution in [3.8, 4) is 0 Å². The molecule has 8 heteroatoms. The first kappa shape index (κ1) is 18.1. The highest BCUT2D eigenvalue weighted by Crippen LogP contribution is 2.39. The maximum atomic E-state index is 14.7. The van der Waals surface area contributed by atoms with Crippen LogP contribution >= 0.6 is 0 Å². The molecule has 1 amide bonds. The second-order valence-corrected chi connectivity index (χ2v) is 6.24. The molecule has 0 saturated carbocycles. The SMILES string of the molecule is CCOC(=O)C1Cc2c(F)c(N)c(NC(=O)C(C)(C)O)c(F)c2C1. The molecule has 0 saturated heterocycles. The normalized spacial score (nSPS) is 16.7. The Labute approximate surface area is 138 Å². The quantitative estimate of drug-likeness (QED) is 0.569. The van der Waals surface area contributed by atoms with Gasteiger partial charge in [-0.2, -0.15) is 0 Å². The largest absolute Gasteiger partial charge is 0.466 e. The maximum Gasteiger partial charge on any atom is 0.309 e. The number of nitrogen functional groups attached to an aromatic ring is 1. The Kier molecular flexibility index (Phi) is 4.80. The van der Waals surface area contributed by atoms with Gasteiger partial charge >= 0.3 is 5.97 Å². The molecule has 1 unspecified atom stereocenters. The van der Waals surface area contributed by atoms with Gasteiger partial charge in [0.2, 0.25) is 0 Å². The van der Waals surface area contributed by atoms with E-state index in [2.05, 4.69) is 5.32 Å². The van der Waals surface area contributed by atoms with Gasteiger partial charge in [0.1, 0.15) is 11.3 Å². The smallest absolute Gasteiger partial charge is 0.309 e. The topological polar surface area (TPSA) is 102 Å². The summed E-state index contributed by atoms with van der Waals surface area (Å²) in [7, 11) is 0. The van der Waals surface area contributed by atoms with Crippen LogP contribution < -0.4 is 11.1 Å². The van der Waals surface area contributed by atoms with E-state index in [4.69, 9.17) is 10.5 Å². The van der Waals surface area contributed by atoms with E-state index >= 15 is 0 Å². The Morgan fingerprint density at radius 2 is 1.83 bits per heavy atom. The fourth-order valence-electron chi connectivity index (χ4n) is 2.61. The number of carbonyl (C=O) groups is 2. The Morgan fingerprint density at radius 1 is 1.29 bits per heavy atom. The zero-order valence-electron chi connectivity index (χ0n) is 13.7. The van der Waals surface area contributed by atoms with E-state index in [0.717, 1.165) is 0 Å². The minimum Gasteiger partial charge on any atom is -0.466 e. The molecule has 1 aromatic carbocycles. The fourth-order valence-corrected chi connectivity index (χ4v) is 2.61. The summed E-state index contributed by atoms with van der Waals surface area (Å²) in [6, 6.07) is 0. The molecule has 6 nitrogen and oxygen atoms in total. The molecule has 1 atom stereocenters. The molecule has 1 aliphatic rings. The standard InChI is InChI=1S/C16H20F2N2O4/c1-4-24-14(21)7-5-8-9(6-7)11(18)13(12(19)10(8)17)20-15(22)16(2,3)23/h7,23H,4-6,19H2,1-3H3,(H,20,22). The van der Waals surface area contributed by atoms with Gasteiger partial charge in [0.05, 0.1) is 18.2 Å². The van der Waals surface area contributed by atoms with Crippen LogP contribution in [0.15, 0.2) is 0 Å². The van der Waals surface area contributed by atoms with Gasteiger partial charge in [0, 0.05) is 0 Å². The maximum absolute atomic E-state index is 14.7. The second kappa shape index (κ2) is 6.35. The Morgan fingerprint density at radius 3 is 2.33 bits per heavy atom. The molecule has 0 aromatic heterocycles.